The first-order valence-corrected chi connectivity index (χ1v) is 18.0. The number of piperazine rings is 1. The molecular formula is C38H39N9O6. The van der Waals surface area contributed by atoms with E-state index in [4.69, 9.17) is 0 Å². The van der Waals surface area contributed by atoms with Crippen LogP contribution in [-0.2, 0) is 22.6 Å². The number of amides is 5. The van der Waals surface area contributed by atoms with E-state index in [1.165, 1.54) is 0 Å². The third kappa shape index (κ3) is 6.63. The van der Waals surface area contributed by atoms with Gasteiger partial charge in [0.1, 0.15) is 11.7 Å². The van der Waals surface area contributed by atoms with E-state index in [-0.39, 0.29) is 47.5 Å². The first-order chi connectivity index (χ1) is 25.6. The highest BCUT2D eigenvalue weighted by molar-refractivity contribution is 6.25. The summed E-state index contributed by atoms with van der Waals surface area (Å²) in [6, 6.07) is 11.3. The van der Waals surface area contributed by atoms with Crippen LogP contribution < -0.4 is 26.4 Å². The summed E-state index contributed by atoms with van der Waals surface area (Å²) in [5, 5.41) is 8.59. The molecule has 0 unspecified atom stereocenters. The molecule has 2 saturated heterocycles. The van der Waals surface area contributed by atoms with Crippen LogP contribution in [0.4, 0.5) is 11.4 Å². The predicted molar refractivity (Wildman–Crippen MR) is 194 cm³/mol. The molecule has 3 aromatic heterocycles. The average molecular weight is 718 g/mol. The minimum absolute atomic E-state index is 0.0381. The first kappa shape index (κ1) is 34.1. The Morgan fingerprint density at radius 3 is 2.47 bits per heavy atom. The fraction of sp³-hybridized carbons (Fsp3) is 0.368. The number of benzene rings is 1. The molecule has 15 nitrogen and oxygen atoms in total. The number of imide groups is 2. The lowest BCUT2D eigenvalue weighted by atomic mass is 9.86. The number of fused-ring (bicyclic) bond motifs is 2. The summed E-state index contributed by atoms with van der Waals surface area (Å²) in [5.41, 5.74) is 5.46. The maximum Gasteiger partial charge on any atom is 0.270 e. The molecule has 3 fully saturated rings. The van der Waals surface area contributed by atoms with Gasteiger partial charge in [-0.1, -0.05) is 13.0 Å². The van der Waals surface area contributed by atoms with E-state index in [9.17, 15) is 28.8 Å². The maximum atomic E-state index is 13.4. The Bertz CT molecular complexity index is 2210. The number of H-pyrrole nitrogens is 1. The van der Waals surface area contributed by atoms with Crippen molar-refractivity contribution in [1.82, 2.24) is 35.4 Å². The third-order valence-corrected chi connectivity index (χ3v) is 10.6. The van der Waals surface area contributed by atoms with Crippen LogP contribution in [0.3, 0.4) is 0 Å². The minimum atomic E-state index is -1.03. The van der Waals surface area contributed by atoms with Gasteiger partial charge < -0.3 is 20.5 Å². The third-order valence-electron chi connectivity index (χ3n) is 10.6. The number of anilines is 2. The highest BCUT2D eigenvalue weighted by atomic mass is 16.2. The number of hydrogen-bond acceptors (Lipinski definition) is 11. The highest BCUT2D eigenvalue weighted by Gasteiger charge is 2.46. The second-order valence-electron chi connectivity index (χ2n) is 14.1. The van der Waals surface area contributed by atoms with Gasteiger partial charge in [-0.05, 0) is 67.6 Å². The van der Waals surface area contributed by atoms with Crippen LogP contribution in [0.5, 0.6) is 0 Å². The van der Waals surface area contributed by atoms with Crippen LogP contribution in [0, 0.1) is 0 Å². The van der Waals surface area contributed by atoms with E-state index < -0.39 is 29.7 Å². The van der Waals surface area contributed by atoms with Crippen molar-refractivity contribution in [2.45, 2.75) is 63.7 Å². The van der Waals surface area contributed by atoms with Crippen molar-refractivity contribution in [3.8, 4) is 0 Å². The van der Waals surface area contributed by atoms with Gasteiger partial charge in [-0.3, -0.25) is 48.9 Å². The molecule has 15 heteroatoms. The standard InChI is InChI=1S/C38H39N9O6/c1-2-22-15-29-30(43-34(22)49)14-21(18-39-29)20-45-10-12-46(13-11-45)25-6-7-28(40-19-25)35(50)42-24-16-23(17-24)41-27-5-3-4-26-33(27)38(53)47(37(26)52)31-8-9-32(48)44-36(31)51/h3-7,14-15,18-19,23-24,31,41H,2,8-13,16-17,20H2,1H3,(H,42,50)(H,43,49)(H,44,48,51)/t23?,24?,31-/m0/s1. The van der Waals surface area contributed by atoms with Gasteiger partial charge in [0, 0.05) is 68.7 Å². The Hall–Kier alpha value is -5.96. The number of nitrogens with one attached hydrogen (secondary N) is 4. The number of rotatable bonds is 9. The van der Waals surface area contributed by atoms with Crippen LogP contribution in [0.2, 0.25) is 0 Å². The number of aryl methyl sites for hydroxylation is 1. The first-order valence-electron chi connectivity index (χ1n) is 18.0. The Morgan fingerprint density at radius 2 is 1.74 bits per heavy atom. The van der Waals surface area contributed by atoms with Gasteiger partial charge >= 0.3 is 0 Å². The molecule has 3 aliphatic heterocycles. The van der Waals surface area contributed by atoms with E-state index in [0.717, 1.165) is 65.5 Å². The molecule has 0 spiro atoms. The Morgan fingerprint density at radius 1 is 0.925 bits per heavy atom. The summed E-state index contributed by atoms with van der Waals surface area (Å²) in [7, 11) is 0. The second-order valence-corrected chi connectivity index (χ2v) is 14.1. The van der Waals surface area contributed by atoms with E-state index in [2.05, 4.69) is 40.7 Å². The molecule has 0 radical (unpaired) electrons. The van der Waals surface area contributed by atoms with Gasteiger partial charge in [0.25, 0.3) is 23.3 Å². The Balaban J connectivity index is 0.808. The molecule has 6 heterocycles. The summed E-state index contributed by atoms with van der Waals surface area (Å²) >= 11 is 0. The van der Waals surface area contributed by atoms with Gasteiger partial charge in [0.15, 0.2) is 0 Å². The van der Waals surface area contributed by atoms with Crippen LogP contribution in [0.1, 0.15) is 74.9 Å². The lowest BCUT2D eigenvalue weighted by Crippen LogP contribution is -2.54. The van der Waals surface area contributed by atoms with Gasteiger partial charge in [-0.2, -0.15) is 0 Å². The molecule has 0 bridgehead atoms. The van der Waals surface area contributed by atoms with Crippen molar-refractivity contribution >= 4 is 51.9 Å². The number of aromatic nitrogens is 3. The molecule has 1 aliphatic carbocycles. The molecule has 1 atom stereocenters. The zero-order valence-electron chi connectivity index (χ0n) is 29.2. The number of nitrogens with zero attached hydrogens (tertiary/aromatic N) is 5. The summed E-state index contributed by atoms with van der Waals surface area (Å²) < 4.78 is 0. The smallest absolute Gasteiger partial charge is 0.270 e. The van der Waals surface area contributed by atoms with E-state index in [1.54, 1.807) is 30.5 Å². The van der Waals surface area contributed by atoms with Crippen molar-refractivity contribution in [2.24, 2.45) is 0 Å². The van der Waals surface area contributed by atoms with Crippen molar-refractivity contribution in [3.63, 3.8) is 0 Å². The van der Waals surface area contributed by atoms with E-state index >= 15 is 0 Å². The molecule has 5 amide bonds. The topological polar surface area (TPSA) is 190 Å². The quantitative estimate of drug-likeness (QED) is 0.185. The van der Waals surface area contributed by atoms with Crippen molar-refractivity contribution < 1.29 is 24.0 Å². The number of carbonyl (C=O) groups is 5. The molecule has 1 aromatic carbocycles. The predicted octanol–water partition coefficient (Wildman–Crippen LogP) is 1.98. The largest absolute Gasteiger partial charge is 0.381 e. The molecule has 53 heavy (non-hydrogen) atoms. The van der Waals surface area contributed by atoms with Crippen LogP contribution in [0.15, 0.2) is 59.7 Å². The number of pyridine rings is 3. The number of piperidine rings is 1. The normalized spacial score (nSPS) is 21.7. The lowest BCUT2D eigenvalue weighted by molar-refractivity contribution is -0.136. The van der Waals surface area contributed by atoms with Crippen LogP contribution >= 0.6 is 0 Å². The van der Waals surface area contributed by atoms with Gasteiger partial charge in [-0.15, -0.1) is 0 Å². The summed E-state index contributed by atoms with van der Waals surface area (Å²) in [5.74, 6) is -2.45. The number of carbonyl (C=O) groups excluding carboxylic acids is 5. The zero-order valence-corrected chi connectivity index (χ0v) is 29.2. The molecular weight excluding hydrogens is 678 g/mol. The van der Waals surface area contributed by atoms with Crippen LogP contribution in [-0.4, -0.2) is 98.6 Å². The monoisotopic (exact) mass is 717 g/mol. The molecule has 4 aliphatic rings. The lowest BCUT2D eigenvalue weighted by Gasteiger charge is -2.37. The summed E-state index contributed by atoms with van der Waals surface area (Å²) in [6.07, 6.45) is 5.65. The Kier molecular flexibility index (Phi) is 8.94. The molecule has 4 N–H and O–H groups in total. The zero-order chi connectivity index (χ0) is 36.8. The van der Waals surface area contributed by atoms with Gasteiger partial charge in [0.05, 0.1) is 34.0 Å². The molecule has 4 aromatic rings. The minimum Gasteiger partial charge on any atom is -0.381 e. The number of hydrogen-bond donors (Lipinski definition) is 4. The average Bonchev–Trinajstić information content (AvgIpc) is 3.40. The van der Waals surface area contributed by atoms with E-state index in [0.29, 0.717) is 30.6 Å². The van der Waals surface area contributed by atoms with Crippen LogP contribution in [0.25, 0.3) is 11.0 Å². The van der Waals surface area contributed by atoms with Crippen molar-refractivity contribution in [2.75, 3.05) is 36.4 Å². The fourth-order valence-electron chi connectivity index (χ4n) is 7.61. The molecule has 272 valence electrons. The maximum absolute atomic E-state index is 13.4. The van der Waals surface area contributed by atoms with Crippen molar-refractivity contribution in [1.29, 1.82) is 0 Å². The van der Waals surface area contributed by atoms with Gasteiger partial charge in [0.2, 0.25) is 11.8 Å². The highest BCUT2D eigenvalue weighted by Crippen LogP contribution is 2.34. The Labute approximate surface area is 304 Å². The van der Waals surface area contributed by atoms with E-state index in [1.807, 2.05) is 31.3 Å². The second kappa shape index (κ2) is 13.9. The fourth-order valence-corrected chi connectivity index (χ4v) is 7.61. The molecule has 1 saturated carbocycles. The summed E-state index contributed by atoms with van der Waals surface area (Å²) in [4.78, 5) is 93.4. The SMILES string of the molecule is CCc1cc2ncc(CN3CCN(c4ccc(C(=O)NC5CC(Nc6cccc7c6C(=O)N([C@H]6CCC(=O)NC6=O)C7=O)C5)nc4)CC3)cc2[nH]c1=O. The van der Waals surface area contributed by atoms with Gasteiger partial charge in [-0.25, -0.2) is 4.98 Å². The molecule has 8 rings (SSSR count). The van der Waals surface area contributed by atoms with Crippen molar-refractivity contribution in [3.05, 3.63) is 93.2 Å². The summed E-state index contributed by atoms with van der Waals surface area (Å²) in [6.45, 7) is 5.99. The number of aromatic amines is 1.